The summed E-state index contributed by atoms with van der Waals surface area (Å²) in [5.74, 6) is -1.16. The molecule has 0 fully saturated rings. The number of amides is 1. The Morgan fingerprint density at radius 1 is 1.32 bits per heavy atom. The predicted molar refractivity (Wildman–Crippen MR) is 89.2 cm³/mol. The minimum Gasteiger partial charge on any atom is -0.480 e. The van der Waals surface area contributed by atoms with Crippen LogP contribution in [0.25, 0.3) is 10.9 Å². The van der Waals surface area contributed by atoms with Crippen LogP contribution < -0.4 is 5.32 Å². The Labute approximate surface area is 133 Å². The molecule has 1 aromatic heterocycles. The van der Waals surface area contributed by atoms with Crippen molar-refractivity contribution in [2.24, 2.45) is 5.92 Å². The molecule has 6 heteroatoms. The second kappa shape index (κ2) is 6.87. The van der Waals surface area contributed by atoms with E-state index in [-0.39, 0.29) is 11.8 Å². The van der Waals surface area contributed by atoms with Gasteiger partial charge in [-0.25, -0.2) is 4.79 Å². The first kappa shape index (κ1) is 16.4. The molecule has 5 nitrogen and oxygen atoms in total. The number of benzene rings is 1. The van der Waals surface area contributed by atoms with Crippen LogP contribution in [0.1, 0.15) is 30.6 Å². The summed E-state index contributed by atoms with van der Waals surface area (Å²) in [5, 5.41) is 12.8. The molecule has 0 saturated carbocycles. The van der Waals surface area contributed by atoms with Crippen molar-refractivity contribution in [1.29, 1.82) is 0 Å². The maximum atomic E-state index is 12.3. The van der Waals surface area contributed by atoms with Crippen molar-refractivity contribution in [2.45, 2.75) is 26.3 Å². The van der Waals surface area contributed by atoms with Gasteiger partial charge in [-0.15, -0.1) is 0 Å². The Morgan fingerprint density at radius 3 is 2.64 bits per heavy atom. The van der Waals surface area contributed by atoms with E-state index < -0.39 is 12.0 Å². The number of carboxylic acid groups (broad SMARTS) is 1. The van der Waals surface area contributed by atoms with E-state index in [0.29, 0.717) is 12.0 Å². The number of carbonyl (C=O) groups is 2. The molecule has 1 amide bonds. The molecule has 2 N–H and O–H groups in total. The van der Waals surface area contributed by atoms with Gasteiger partial charge in [0.05, 0.1) is 5.52 Å². The second-order valence-corrected chi connectivity index (χ2v) is 6.35. The van der Waals surface area contributed by atoms with Gasteiger partial charge in [-0.2, -0.15) is 0 Å². The smallest absolute Gasteiger partial charge is 0.326 e. The number of aromatic nitrogens is 1. The Balaban J connectivity index is 2.19. The minimum atomic E-state index is -1.00. The molecule has 2 aromatic rings. The van der Waals surface area contributed by atoms with E-state index in [2.05, 4.69) is 5.32 Å². The van der Waals surface area contributed by atoms with Crippen LogP contribution in [0.5, 0.6) is 0 Å². The van der Waals surface area contributed by atoms with Crippen molar-refractivity contribution < 1.29 is 14.7 Å². The predicted octanol–water partition coefficient (Wildman–Crippen LogP) is 3.00. The van der Waals surface area contributed by atoms with Crippen LogP contribution in [0.2, 0.25) is 0 Å². The van der Waals surface area contributed by atoms with Crippen LogP contribution in [0.3, 0.4) is 0 Å². The molecule has 0 spiro atoms. The topological polar surface area (TPSA) is 71.3 Å². The van der Waals surface area contributed by atoms with Crippen LogP contribution in [0, 0.1) is 5.92 Å². The summed E-state index contributed by atoms with van der Waals surface area (Å²) in [4.78, 5) is 23.5. The van der Waals surface area contributed by atoms with Gasteiger partial charge in [0, 0.05) is 23.4 Å². The van der Waals surface area contributed by atoms with E-state index in [4.69, 9.17) is 0 Å². The number of nitrogens with one attached hydrogen (secondary N) is 1. The van der Waals surface area contributed by atoms with Crippen molar-refractivity contribution >= 4 is 34.7 Å². The summed E-state index contributed by atoms with van der Waals surface area (Å²) in [7, 11) is 0. The minimum absolute atomic E-state index is 0.194. The zero-order valence-electron chi connectivity index (χ0n) is 12.9. The van der Waals surface area contributed by atoms with Gasteiger partial charge in [0.1, 0.15) is 6.04 Å². The Kier molecular flexibility index (Phi) is 5.13. The zero-order chi connectivity index (χ0) is 16.3. The highest BCUT2D eigenvalue weighted by atomic mass is 32.2. The number of hydrogen-bond acceptors (Lipinski definition) is 3. The van der Waals surface area contributed by atoms with Gasteiger partial charge in [-0.3, -0.25) is 8.77 Å². The van der Waals surface area contributed by atoms with Crippen molar-refractivity contribution in [3.8, 4) is 0 Å². The molecule has 0 aliphatic carbocycles. The third-order valence-electron chi connectivity index (χ3n) is 3.42. The summed E-state index contributed by atoms with van der Waals surface area (Å²) in [6.45, 7) is 3.86. The number of carbonyl (C=O) groups excluding carboxylic acids is 1. The lowest BCUT2D eigenvalue weighted by atomic mass is 10.0. The molecule has 1 aromatic carbocycles. The molecule has 0 aliphatic rings. The maximum Gasteiger partial charge on any atom is 0.326 e. The highest BCUT2D eigenvalue weighted by molar-refractivity contribution is 7.97. The molecule has 118 valence electrons. The number of hydrogen-bond donors (Lipinski definition) is 2. The third kappa shape index (κ3) is 3.62. The quantitative estimate of drug-likeness (QED) is 0.858. The average molecular weight is 320 g/mol. The van der Waals surface area contributed by atoms with Crippen LogP contribution >= 0.6 is 11.9 Å². The lowest BCUT2D eigenvalue weighted by molar-refractivity contribution is -0.139. The summed E-state index contributed by atoms with van der Waals surface area (Å²) in [6, 6.07) is 6.45. The molecule has 22 heavy (non-hydrogen) atoms. The monoisotopic (exact) mass is 320 g/mol. The van der Waals surface area contributed by atoms with E-state index in [0.717, 1.165) is 10.9 Å². The van der Waals surface area contributed by atoms with Gasteiger partial charge in [0.15, 0.2) is 0 Å². The number of nitrogens with zero attached hydrogens (tertiary/aromatic N) is 1. The SMILES string of the molecule is CSn1ccc2cc(C(=O)NC(CC(C)C)C(=O)O)ccc21. The van der Waals surface area contributed by atoms with Gasteiger partial charge in [-0.05, 0) is 48.6 Å². The van der Waals surface area contributed by atoms with Crippen LogP contribution in [0.15, 0.2) is 30.5 Å². The normalized spacial score (nSPS) is 12.5. The molecule has 1 heterocycles. The van der Waals surface area contributed by atoms with Gasteiger partial charge in [-0.1, -0.05) is 13.8 Å². The second-order valence-electron chi connectivity index (χ2n) is 5.59. The summed E-state index contributed by atoms with van der Waals surface area (Å²) in [6.07, 6.45) is 4.32. The molecule has 0 bridgehead atoms. The van der Waals surface area contributed by atoms with E-state index in [1.54, 1.807) is 24.1 Å². The largest absolute Gasteiger partial charge is 0.480 e. The van der Waals surface area contributed by atoms with Crippen LogP contribution in [-0.2, 0) is 4.79 Å². The van der Waals surface area contributed by atoms with Crippen LogP contribution in [0.4, 0.5) is 0 Å². The van der Waals surface area contributed by atoms with Gasteiger partial charge in [0.25, 0.3) is 5.91 Å². The number of carboxylic acids is 1. The van der Waals surface area contributed by atoms with Crippen LogP contribution in [-0.4, -0.2) is 33.3 Å². The summed E-state index contributed by atoms with van der Waals surface area (Å²) in [5.41, 5.74) is 1.50. The van der Waals surface area contributed by atoms with E-state index in [1.807, 2.05) is 42.4 Å². The van der Waals surface area contributed by atoms with E-state index >= 15 is 0 Å². The molecule has 1 atom stereocenters. The fraction of sp³-hybridized carbons (Fsp3) is 0.375. The maximum absolute atomic E-state index is 12.3. The lowest BCUT2D eigenvalue weighted by Crippen LogP contribution is -2.41. The number of rotatable bonds is 6. The number of aliphatic carboxylic acids is 1. The first-order chi connectivity index (χ1) is 10.4. The molecular weight excluding hydrogens is 300 g/mol. The fourth-order valence-electron chi connectivity index (χ4n) is 2.35. The third-order valence-corrected chi connectivity index (χ3v) is 4.14. The zero-order valence-corrected chi connectivity index (χ0v) is 13.7. The molecule has 0 radical (unpaired) electrons. The Bertz CT molecular complexity index is 694. The first-order valence-electron chi connectivity index (χ1n) is 7.11. The highest BCUT2D eigenvalue weighted by Gasteiger charge is 2.21. The summed E-state index contributed by atoms with van der Waals surface area (Å²) >= 11 is 1.58. The fourth-order valence-corrected chi connectivity index (χ4v) is 2.90. The molecule has 0 aliphatic heterocycles. The summed E-state index contributed by atoms with van der Waals surface area (Å²) < 4.78 is 2.01. The van der Waals surface area contributed by atoms with Crippen molar-refractivity contribution in [3.63, 3.8) is 0 Å². The van der Waals surface area contributed by atoms with Crippen molar-refractivity contribution in [1.82, 2.24) is 9.29 Å². The van der Waals surface area contributed by atoms with E-state index in [1.165, 1.54) is 0 Å². The standard InChI is InChI=1S/C16H20N2O3S/c1-10(2)8-13(16(20)21)17-15(19)12-4-5-14-11(9-12)6-7-18(14)22-3/h4-7,9-10,13H,8H2,1-3H3,(H,17,19)(H,20,21). The molecule has 1 unspecified atom stereocenters. The first-order valence-corrected chi connectivity index (χ1v) is 8.29. The van der Waals surface area contributed by atoms with Gasteiger partial charge < -0.3 is 10.4 Å². The van der Waals surface area contributed by atoms with Crippen molar-refractivity contribution in [2.75, 3.05) is 6.26 Å². The average Bonchev–Trinajstić information content (AvgIpc) is 2.87. The highest BCUT2D eigenvalue weighted by Crippen LogP contribution is 2.21. The number of fused-ring (bicyclic) bond motifs is 1. The van der Waals surface area contributed by atoms with Crippen molar-refractivity contribution in [3.05, 3.63) is 36.0 Å². The molecule has 2 rings (SSSR count). The van der Waals surface area contributed by atoms with Gasteiger partial charge in [0.2, 0.25) is 0 Å². The molecule has 0 saturated heterocycles. The Hall–Kier alpha value is -1.95. The Morgan fingerprint density at radius 2 is 2.05 bits per heavy atom. The van der Waals surface area contributed by atoms with E-state index in [9.17, 15) is 14.7 Å². The molecular formula is C16H20N2O3S. The van der Waals surface area contributed by atoms with Gasteiger partial charge >= 0.3 is 5.97 Å². The lowest BCUT2D eigenvalue weighted by Gasteiger charge is -2.16.